The summed E-state index contributed by atoms with van der Waals surface area (Å²) in [5.74, 6) is 0.0776. The van der Waals surface area contributed by atoms with Crippen molar-refractivity contribution in [2.24, 2.45) is 0 Å². The molecule has 0 spiro atoms. The maximum absolute atomic E-state index is 12.0. The Hall–Kier alpha value is -1.09. The summed E-state index contributed by atoms with van der Waals surface area (Å²) in [6.45, 7) is 6.10. The number of rotatable bonds is 4. The summed E-state index contributed by atoms with van der Waals surface area (Å²) < 4.78 is 0. The SMILES string of the molecule is CC1=C[CH]CC=C1C(=O)NCCN1CCCCC1. The highest BCUT2D eigenvalue weighted by Gasteiger charge is 2.14. The summed E-state index contributed by atoms with van der Waals surface area (Å²) in [5.41, 5.74) is 1.91. The third-order valence-corrected chi connectivity index (χ3v) is 3.66. The molecule has 18 heavy (non-hydrogen) atoms. The minimum Gasteiger partial charge on any atom is -0.351 e. The van der Waals surface area contributed by atoms with E-state index in [-0.39, 0.29) is 5.91 Å². The van der Waals surface area contributed by atoms with Gasteiger partial charge in [0.25, 0.3) is 5.91 Å². The van der Waals surface area contributed by atoms with Gasteiger partial charge in [0, 0.05) is 18.7 Å². The first-order valence-electron chi connectivity index (χ1n) is 6.98. The predicted molar refractivity (Wildman–Crippen MR) is 74.1 cm³/mol. The summed E-state index contributed by atoms with van der Waals surface area (Å²) in [5, 5.41) is 3.03. The lowest BCUT2D eigenvalue weighted by atomic mass is 9.98. The van der Waals surface area contributed by atoms with Gasteiger partial charge in [-0.05, 0) is 51.3 Å². The van der Waals surface area contributed by atoms with Crippen molar-refractivity contribution in [1.29, 1.82) is 0 Å². The number of hydrogen-bond acceptors (Lipinski definition) is 2. The number of nitrogens with zero attached hydrogens (tertiary/aromatic N) is 1. The number of carbonyl (C=O) groups excluding carboxylic acids is 1. The Balaban J connectivity index is 1.71. The number of nitrogens with one attached hydrogen (secondary N) is 1. The van der Waals surface area contributed by atoms with E-state index in [1.54, 1.807) is 0 Å². The zero-order valence-electron chi connectivity index (χ0n) is 11.2. The van der Waals surface area contributed by atoms with Crippen LogP contribution in [0.15, 0.2) is 23.3 Å². The molecule has 0 atom stereocenters. The van der Waals surface area contributed by atoms with Crippen LogP contribution in [0.1, 0.15) is 32.6 Å². The molecule has 99 valence electrons. The molecule has 1 amide bonds. The highest BCUT2D eigenvalue weighted by Crippen LogP contribution is 2.17. The van der Waals surface area contributed by atoms with Crippen LogP contribution in [0.4, 0.5) is 0 Å². The van der Waals surface area contributed by atoms with Crippen molar-refractivity contribution in [2.45, 2.75) is 32.6 Å². The fraction of sp³-hybridized carbons (Fsp3) is 0.600. The summed E-state index contributed by atoms with van der Waals surface area (Å²) in [4.78, 5) is 14.4. The van der Waals surface area contributed by atoms with Crippen LogP contribution in [0.2, 0.25) is 0 Å². The largest absolute Gasteiger partial charge is 0.351 e. The van der Waals surface area contributed by atoms with Crippen LogP contribution in [-0.4, -0.2) is 37.0 Å². The summed E-state index contributed by atoms with van der Waals surface area (Å²) >= 11 is 0. The van der Waals surface area contributed by atoms with Crippen LogP contribution >= 0.6 is 0 Å². The lowest BCUT2D eigenvalue weighted by Gasteiger charge is -2.26. The van der Waals surface area contributed by atoms with Gasteiger partial charge in [-0.1, -0.05) is 18.6 Å². The molecule has 0 unspecified atom stereocenters. The number of piperidine rings is 1. The molecule has 3 nitrogen and oxygen atoms in total. The number of carbonyl (C=O) groups is 1. The Kier molecular flexibility index (Phi) is 5.00. The molecular weight excluding hydrogens is 224 g/mol. The van der Waals surface area contributed by atoms with Crippen LogP contribution in [-0.2, 0) is 4.79 Å². The fourth-order valence-electron chi connectivity index (χ4n) is 2.56. The van der Waals surface area contributed by atoms with E-state index in [1.165, 1.54) is 32.4 Å². The minimum absolute atomic E-state index is 0.0776. The topological polar surface area (TPSA) is 32.3 Å². The number of likely N-dealkylation sites (tertiary alicyclic amines) is 1. The summed E-state index contributed by atoms with van der Waals surface area (Å²) in [6, 6.07) is 0. The van der Waals surface area contributed by atoms with Gasteiger partial charge in [-0.3, -0.25) is 4.79 Å². The minimum atomic E-state index is 0.0776. The fourth-order valence-corrected chi connectivity index (χ4v) is 2.56. The first-order valence-corrected chi connectivity index (χ1v) is 6.98. The van der Waals surface area contributed by atoms with Gasteiger partial charge < -0.3 is 10.2 Å². The molecule has 1 fully saturated rings. The first-order chi connectivity index (χ1) is 8.77. The van der Waals surface area contributed by atoms with E-state index >= 15 is 0 Å². The molecule has 1 heterocycles. The van der Waals surface area contributed by atoms with E-state index in [4.69, 9.17) is 0 Å². The number of allylic oxidation sites excluding steroid dienone is 2. The second-order valence-corrected chi connectivity index (χ2v) is 5.10. The van der Waals surface area contributed by atoms with E-state index in [0.717, 1.165) is 30.7 Å². The average Bonchev–Trinajstić information content (AvgIpc) is 2.40. The lowest BCUT2D eigenvalue weighted by molar-refractivity contribution is -0.117. The van der Waals surface area contributed by atoms with Gasteiger partial charge in [-0.15, -0.1) is 0 Å². The molecule has 3 heteroatoms. The van der Waals surface area contributed by atoms with E-state index in [1.807, 2.05) is 19.1 Å². The van der Waals surface area contributed by atoms with Crippen molar-refractivity contribution in [3.63, 3.8) is 0 Å². The molecule has 2 aliphatic rings. The van der Waals surface area contributed by atoms with Gasteiger partial charge in [0.05, 0.1) is 0 Å². The van der Waals surface area contributed by atoms with Gasteiger partial charge in [0.15, 0.2) is 0 Å². The monoisotopic (exact) mass is 247 g/mol. The first kappa shape index (κ1) is 13.3. The third-order valence-electron chi connectivity index (χ3n) is 3.66. The Labute approximate surface area is 110 Å². The second kappa shape index (κ2) is 6.74. The molecule has 0 saturated carbocycles. The molecule has 1 saturated heterocycles. The maximum Gasteiger partial charge on any atom is 0.251 e. The summed E-state index contributed by atoms with van der Waals surface area (Å²) in [7, 11) is 0. The number of hydrogen-bond donors (Lipinski definition) is 1. The van der Waals surface area contributed by atoms with E-state index < -0.39 is 0 Å². The molecule has 1 N–H and O–H groups in total. The highest BCUT2D eigenvalue weighted by atomic mass is 16.1. The highest BCUT2D eigenvalue weighted by molar-refractivity contribution is 5.97. The van der Waals surface area contributed by atoms with Gasteiger partial charge in [0.2, 0.25) is 0 Å². The van der Waals surface area contributed by atoms with Gasteiger partial charge in [-0.25, -0.2) is 0 Å². The van der Waals surface area contributed by atoms with Crippen molar-refractivity contribution >= 4 is 5.91 Å². The smallest absolute Gasteiger partial charge is 0.251 e. The molecule has 0 bridgehead atoms. The Morgan fingerprint density at radius 3 is 2.83 bits per heavy atom. The van der Waals surface area contributed by atoms with Gasteiger partial charge in [0.1, 0.15) is 0 Å². The molecule has 0 aromatic rings. The van der Waals surface area contributed by atoms with E-state index in [9.17, 15) is 4.79 Å². The normalized spacial score (nSPS) is 21.2. The molecule has 0 aromatic carbocycles. The maximum atomic E-state index is 12.0. The molecule has 1 radical (unpaired) electrons. The Morgan fingerprint density at radius 1 is 1.33 bits per heavy atom. The predicted octanol–water partition coefficient (Wildman–Crippen LogP) is 2.07. The van der Waals surface area contributed by atoms with Crippen molar-refractivity contribution in [2.75, 3.05) is 26.2 Å². The summed E-state index contributed by atoms with van der Waals surface area (Å²) in [6.07, 6.45) is 10.9. The van der Waals surface area contributed by atoms with E-state index in [2.05, 4.69) is 16.6 Å². The van der Waals surface area contributed by atoms with Gasteiger partial charge in [-0.2, -0.15) is 0 Å². The molecular formula is C15H23N2O. The zero-order valence-corrected chi connectivity index (χ0v) is 11.2. The second-order valence-electron chi connectivity index (χ2n) is 5.10. The van der Waals surface area contributed by atoms with Crippen LogP contribution < -0.4 is 5.32 Å². The van der Waals surface area contributed by atoms with Crippen molar-refractivity contribution in [3.8, 4) is 0 Å². The van der Waals surface area contributed by atoms with Crippen LogP contribution in [0.3, 0.4) is 0 Å². The van der Waals surface area contributed by atoms with Gasteiger partial charge >= 0.3 is 0 Å². The third kappa shape index (κ3) is 3.70. The molecule has 0 aromatic heterocycles. The quantitative estimate of drug-likeness (QED) is 0.825. The van der Waals surface area contributed by atoms with Crippen molar-refractivity contribution in [1.82, 2.24) is 10.2 Å². The van der Waals surface area contributed by atoms with E-state index in [0.29, 0.717) is 0 Å². The number of amides is 1. The molecule has 2 rings (SSSR count). The molecule has 1 aliphatic carbocycles. The van der Waals surface area contributed by atoms with Crippen LogP contribution in [0.25, 0.3) is 0 Å². The van der Waals surface area contributed by atoms with Crippen LogP contribution in [0, 0.1) is 6.42 Å². The average molecular weight is 247 g/mol. The van der Waals surface area contributed by atoms with Crippen molar-refractivity contribution in [3.05, 3.63) is 29.7 Å². The van der Waals surface area contributed by atoms with Crippen molar-refractivity contribution < 1.29 is 4.79 Å². The standard InChI is InChI=1S/C15H23N2O/c1-13-7-3-4-8-14(13)15(18)16-9-12-17-10-5-2-6-11-17/h3,7-8H,2,4-6,9-12H2,1H3,(H,16,18). The zero-order chi connectivity index (χ0) is 12.8. The van der Waals surface area contributed by atoms with Crippen LogP contribution in [0.5, 0.6) is 0 Å². The Bertz CT molecular complexity index is 352. The molecule has 1 aliphatic heterocycles. The Morgan fingerprint density at radius 2 is 2.11 bits per heavy atom. The lowest BCUT2D eigenvalue weighted by Crippen LogP contribution is -2.38.